The summed E-state index contributed by atoms with van der Waals surface area (Å²) in [4.78, 5) is 46.2. The van der Waals surface area contributed by atoms with Crippen LogP contribution in [0.25, 0.3) is 0 Å². The molecule has 1 aliphatic rings. The van der Waals surface area contributed by atoms with Gasteiger partial charge in [-0.3, -0.25) is 19.7 Å². The molecule has 4 amide bonds. The highest BCUT2D eigenvalue weighted by Gasteiger charge is 2.26. The number of nitrogens with one attached hydrogen (secondary N) is 2. The van der Waals surface area contributed by atoms with Crippen LogP contribution in [0, 0.1) is 11.8 Å². The second-order valence-corrected chi connectivity index (χ2v) is 5.61. The Bertz CT molecular complexity index is 420. The van der Waals surface area contributed by atoms with E-state index in [9.17, 15) is 19.2 Å². The van der Waals surface area contributed by atoms with Crippen molar-refractivity contribution in [2.75, 3.05) is 19.6 Å². The Labute approximate surface area is 122 Å². The van der Waals surface area contributed by atoms with Crippen molar-refractivity contribution in [2.24, 2.45) is 11.8 Å². The first-order valence-electron chi connectivity index (χ1n) is 6.85. The van der Waals surface area contributed by atoms with Gasteiger partial charge < -0.3 is 15.3 Å². The van der Waals surface area contributed by atoms with Crippen molar-refractivity contribution in [2.45, 2.75) is 26.7 Å². The lowest BCUT2D eigenvalue weighted by molar-refractivity contribution is -0.138. The molecule has 0 aromatic heterocycles. The highest BCUT2D eigenvalue weighted by molar-refractivity contribution is 6.02. The number of imide groups is 1. The number of amides is 4. The summed E-state index contributed by atoms with van der Waals surface area (Å²) < 4.78 is 0. The third kappa shape index (κ3) is 6.24. The minimum Gasteiger partial charge on any atom is -0.481 e. The maximum absolute atomic E-state index is 11.9. The van der Waals surface area contributed by atoms with Crippen molar-refractivity contribution in [3.8, 4) is 0 Å². The van der Waals surface area contributed by atoms with Crippen LogP contribution >= 0.6 is 0 Å². The van der Waals surface area contributed by atoms with Crippen molar-refractivity contribution in [1.82, 2.24) is 15.5 Å². The summed E-state index contributed by atoms with van der Waals surface area (Å²) >= 11 is 0. The number of carboxylic acids is 1. The van der Waals surface area contributed by atoms with Crippen molar-refractivity contribution in [3.05, 3.63) is 0 Å². The summed E-state index contributed by atoms with van der Waals surface area (Å²) in [5, 5.41) is 13.6. The number of hydrogen-bond donors (Lipinski definition) is 3. The van der Waals surface area contributed by atoms with Crippen LogP contribution in [0.3, 0.4) is 0 Å². The minimum atomic E-state index is -0.914. The topological polar surface area (TPSA) is 116 Å². The van der Waals surface area contributed by atoms with E-state index in [1.54, 1.807) is 0 Å². The fourth-order valence-corrected chi connectivity index (χ4v) is 2.28. The zero-order valence-electron chi connectivity index (χ0n) is 12.2. The first-order valence-corrected chi connectivity index (χ1v) is 6.85. The van der Waals surface area contributed by atoms with E-state index in [0.717, 1.165) is 4.90 Å². The molecule has 21 heavy (non-hydrogen) atoms. The second kappa shape index (κ2) is 7.61. The van der Waals surface area contributed by atoms with Crippen LogP contribution in [-0.2, 0) is 14.4 Å². The maximum atomic E-state index is 11.9. The van der Waals surface area contributed by atoms with E-state index in [-0.39, 0.29) is 32.0 Å². The molecule has 1 fully saturated rings. The predicted octanol–water partition coefficient (Wildman–Crippen LogP) is -0.209. The van der Waals surface area contributed by atoms with Gasteiger partial charge in [0, 0.05) is 13.0 Å². The maximum Gasteiger partial charge on any atom is 0.318 e. The third-order valence-electron chi connectivity index (χ3n) is 3.04. The molecule has 3 N–H and O–H groups in total. The lowest BCUT2D eigenvalue weighted by Crippen LogP contribution is -2.56. The normalized spacial score (nSPS) is 16.6. The first-order chi connectivity index (χ1) is 9.77. The monoisotopic (exact) mass is 299 g/mol. The Hall–Kier alpha value is -2.12. The highest BCUT2D eigenvalue weighted by Crippen LogP contribution is 2.14. The van der Waals surface area contributed by atoms with Gasteiger partial charge in [0.25, 0.3) is 0 Å². The Morgan fingerprint density at radius 2 is 1.86 bits per heavy atom. The van der Waals surface area contributed by atoms with Crippen LogP contribution in [0.2, 0.25) is 0 Å². The van der Waals surface area contributed by atoms with Gasteiger partial charge in [-0.1, -0.05) is 13.8 Å². The van der Waals surface area contributed by atoms with E-state index in [1.807, 2.05) is 13.8 Å². The molecule has 0 bridgehead atoms. The van der Waals surface area contributed by atoms with E-state index in [4.69, 9.17) is 5.11 Å². The molecule has 1 rings (SSSR count). The largest absolute Gasteiger partial charge is 0.481 e. The number of carbonyl (C=O) groups excluding carboxylic acids is 3. The number of nitrogens with zero attached hydrogens (tertiary/aromatic N) is 1. The van der Waals surface area contributed by atoms with Gasteiger partial charge in [-0.25, -0.2) is 4.79 Å². The van der Waals surface area contributed by atoms with Crippen LogP contribution in [0.1, 0.15) is 26.7 Å². The molecular formula is C13H21N3O5. The zero-order chi connectivity index (χ0) is 16.0. The number of hydrogen-bond acceptors (Lipinski definition) is 4. The number of piperazine rings is 1. The van der Waals surface area contributed by atoms with Crippen molar-refractivity contribution in [1.29, 1.82) is 0 Å². The van der Waals surface area contributed by atoms with Gasteiger partial charge >= 0.3 is 12.0 Å². The van der Waals surface area contributed by atoms with Gasteiger partial charge in [0.1, 0.15) is 13.1 Å². The van der Waals surface area contributed by atoms with Gasteiger partial charge in [0.05, 0.1) is 0 Å². The smallest absolute Gasteiger partial charge is 0.318 e. The fraction of sp³-hybridized carbons (Fsp3) is 0.692. The van der Waals surface area contributed by atoms with Crippen molar-refractivity contribution >= 4 is 23.8 Å². The molecule has 0 unspecified atom stereocenters. The Kier molecular flexibility index (Phi) is 6.13. The second-order valence-electron chi connectivity index (χ2n) is 5.61. The fourth-order valence-electron chi connectivity index (χ4n) is 2.28. The molecule has 0 spiro atoms. The standard InChI is InChI=1S/C13H21N3O5/c1-8(2)3-9(4-12(19)20)5-14-13(21)16-6-10(17)15-11(18)7-16/h8-9H,3-7H2,1-2H3,(H,14,21)(H,19,20)(H,15,17,18)/t9-/m0/s1. The van der Waals surface area contributed by atoms with Gasteiger partial charge in [-0.2, -0.15) is 0 Å². The van der Waals surface area contributed by atoms with Crippen molar-refractivity contribution in [3.63, 3.8) is 0 Å². The SMILES string of the molecule is CC(C)C[C@H](CNC(=O)N1CC(=O)NC(=O)C1)CC(=O)O. The number of rotatable bonds is 6. The number of carboxylic acid groups (broad SMARTS) is 1. The summed E-state index contributed by atoms with van der Waals surface area (Å²) in [5.74, 6) is -1.83. The molecule has 0 saturated carbocycles. The Morgan fingerprint density at radius 1 is 1.29 bits per heavy atom. The van der Waals surface area contributed by atoms with Gasteiger partial charge in [-0.05, 0) is 18.3 Å². The molecule has 1 atom stereocenters. The Morgan fingerprint density at radius 3 is 2.33 bits per heavy atom. The van der Waals surface area contributed by atoms with Crippen LogP contribution in [0.15, 0.2) is 0 Å². The molecule has 8 heteroatoms. The lowest BCUT2D eigenvalue weighted by atomic mass is 9.94. The van der Waals surface area contributed by atoms with E-state index < -0.39 is 23.8 Å². The zero-order valence-corrected chi connectivity index (χ0v) is 12.2. The van der Waals surface area contributed by atoms with E-state index in [1.165, 1.54) is 0 Å². The van der Waals surface area contributed by atoms with E-state index in [0.29, 0.717) is 12.3 Å². The molecule has 8 nitrogen and oxygen atoms in total. The molecule has 1 saturated heterocycles. The molecule has 0 aromatic rings. The van der Waals surface area contributed by atoms with Crippen LogP contribution < -0.4 is 10.6 Å². The number of urea groups is 1. The molecular weight excluding hydrogens is 278 g/mol. The quantitative estimate of drug-likeness (QED) is 0.587. The van der Waals surface area contributed by atoms with Crippen LogP contribution in [-0.4, -0.2) is 53.5 Å². The number of carbonyl (C=O) groups is 4. The lowest BCUT2D eigenvalue weighted by Gasteiger charge is -2.26. The summed E-state index contributed by atoms with van der Waals surface area (Å²) in [6.07, 6.45) is 0.643. The van der Waals surface area contributed by atoms with Crippen LogP contribution in [0.5, 0.6) is 0 Å². The first kappa shape index (κ1) is 16.9. The average Bonchev–Trinajstić information content (AvgIpc) is 2.32. The van der Waals surface area contributed by atoms with E-state index in [2.05, 4.69) is 10.6 Å². The molecule has 1 aliphatic heterocycles. The van der Waals surface area contributed by atoms with Gasteiger partial charge in [0.2, 0.25) is 11.8 Å². The van der Waals surface area contributed by atoms with Gasteiger partial charge in [-0.15, -0.1) is 0 Å². The molecule has 0 aliphatic carbocycles. The highest BCUT2D eigenvalue weighted by atomic mass is 16.4. The Balaban J connectivity index is 2.50. The van der Waals surface area contributed by atoms with Crippen LogP contribution in [0.4, 0.5) is 4.79 Å². The molecule has 1 heterocycles. The van der Waals surface area contributed by atoms with E-state index >= 15 is 0 Å². The third-order valence-corrected chi connectivity index (χ3v) is 3.04. The average molecular weight is 299 g/mol. The summed E-state index contributed by atoms with van der Waals surface area (Å²) in [5.41, 5.74) is 0. The molecule has 0 aromatic carbocycles. The molecule has 118 valence electrons. The predicted molar refractivity (Wildman–Crippen MR) is 73.3 cm³/mol. The van der Waals surface area contributed by atoms with Crippen molar-refractivity contribution < 1.29 is 24.3 Å². The minimum absolute atomic E-state index is 0.0299. The number of aliphatic carboxylic acids is 1. The summed E-state index contributed by atoms with van der Waals surface area (Å²) in [7, 11) is 0. The van der Waals surface area contributed by atoms with Gasteiger partial charge in [0.15, 0.2) is 0 Å². The summed E-state index contributed by atoms with van der Waals surface area (Å²) in [6, 6.07) is -0.530. The summed E-state index contributed by atoms with van der Waals surface area (Å²) in [6.45, 7) is 3.81. The molecule has 0 radical (unpaired) electrons.